The van der Waals surface area contributed by atoms with Crippen LogP contribution >= 0.6 is 0 Å². The highest BCUT2D eigenvalue weighted by Gasteiger charge is 2.07. The van der Waals surface area contributed by atoms with Crippen molar-refractivity contribution in [2.45, 2.75) is 19.8 Å². The third-order valence-corrected chi connectivity index (χ3v) is 2.15. The summed E-state index contributed by atoms with van der Waals surface area (Å²) >= 11 is 0. The van der Waals surface area contributed by atoms with Crippen LogP contribution in [-0.2, 0) is 6.42 Å². The van der Waals surface area contributed by atoms with Gasteiger partial charge in [-0.2, -0.15) is 0 Å². The molecule has 0 N–H and O–H groups in total. The molecule has 1 heterocycles. The molecule has 1 aliphatic carbocycles. The third-order valence-electron chi connectivity index (χ3n) is 2.15. The first-order chi connectivity index (χ1) is 5.92. The lowest BCUT2D eigenvalue weighted by atomic mass is 10.1. The Kier molecular flexibility index (Phi) is 1.86. The third kappa shape index (κ3) is 1.11. The Morgan fingerprint density at radius 3 is 3.00 bits per heavy atom. The minimum absolute atomic E-state index is 1.16. The van der Waals surface area contributed by atoms with Gasteiger partial charge in [-0.3, -0.25) is 0 Å². The lowest BCUT2D eigenvalue weighted by molar-refractivity contribution is 0.552. The van der Waals surface area contributed by atoms with Crippen LogP contribution in [-0.4, -0.2) is 0 Å². The maximum Gasteiger partial charge on any atom is 0.0979 e. The second-order valence-electron chi connectivity index (χ2n) is 3.03. The maximum absolute atomic E-state index is 5.08. The van der Waals surface area contributed by atoms with Crippen molar-refractivity contribution >= 4 is 0 Å². The van der Waals surface area contributed by atoms with Crippen LogP contribution in [0.15, 0.2) is 35.1 Å². The predicted molar refractivity (Wildman–Crippen MR) is 49.3 cm³/mol. The summed E-state index contributed by atoms with van der Waals surface area (Å²) in [7, 11) is 0. The van der Waals surface area contributed by atoms with Crippen molar-refractivity contribution in [1.82, 2.24) is 0 Å². The number of fused-ring (bicyclic) bond motifs is 1. The SMILES string of the molecule is CCCc1ccc2coccc1-2. The van der Waals surface area contributed by atoms with Crippen molar-refractivity contribution in [1.29, 1.82) is 0 Å². The quantitative estimate of drug-likeness (QED) is 0.656. The van der Waals surface area contributed by atoms with E-state index in [4.69, 9.17) is 4.42 Å². The minimum atomic E-state index is 1.16. The molecule has 0 saturated heterocycles. The zero-order chi connectivity index (χ0) is 8.39. The van der Waals surface area contributed by atoms with Crippen molar-refractivity contribution in [3.63, 3.8) is 0 Å². The highest BCUT2D eigenvalue weighted by Crippen LogP contribution is 2.28. The fourth-order valence-corrected chi connectivity index (χ4v) is 1.57. The normalized spacial score (nSPS) is 10.8. The Bertz CT molecular complexity index is 335. The Morgan fingerprint density at radius 1 is 1.25 bits per heavy atom. The molecular weight excluding hydrogens is 148 g/mol. The van der Waals surface area contributed by atoms with Crippen LogP contribution in [0.25, 0.3) is 11.1 Å². The summed E-state index contributed by atoms with van der Waals surface area (Å²) in [6, 6.07) is 6.34. The molecular formula is C11H12O. The van der Waals surface area contributed by atoms with Gasteiger partial charge in [0, 0.05) is 5.56 Å². The molecule has 0 aromatic rings. The molecule has 0 radical (unpaired) electrons. The Labute approximate surface area is 72.4 Å². The van der Waals surface area contributed by atoms with Crippen LogP contribution in [0.3, 0.4) is 0 Å². The highest BCUT2D eigenvalue weighted by molar-refractivity contribution is 5.69. The van der Waals surface area contributed by atoms with E-state index >= 15 is 0 Å². The molecule has 0 spiro atoms. The first kappa shape index (κ1) is 7.41. The average Bonchev–Trinajstić information content (AvgIpc) is 2.50. The highest BCUT2D eigenvalue weighted by atomic mass is 16.3. The van der Waals surface area contributed by atoms with Crippen LogP contribution in [0.2, 0.25) is 0 Å². The van der Waals surface area contributed by atoms with Crippen molar-refractivity contribution in [2.24, 2.45) is 0 Å². The van der Waals surface area contributed by atoms with Crippen molar-refractivity contribution in [2.75, 3.05) is 0 Å². The number of hydrogen-bond donors (Lipinski definition) is 0. The molecule has 1 heteroatoms. The standard InChI is InChI=1S/C11H12O/c1-2-3-9-4-5-10-8-12-7-6-11(9)10/h4-8H,2-3H2,1H3. The van der Waals surface area contributed by atoms with Gasteiger partial charge in [0.25, 0.3) is 0 Å². The van der Waals surface area contributed by atoms with Gasteiger partial charge in [0.15, 0.2) is 0 Å². The monoisotopic (exact) mass is 160 g/mol. The maximum atomic E-state index is 5.08. The molecule has 0 unspecified atom stereocenters. The molecule has 0 amide bonds. The van der Waals surface area contributed by atoms with E-state index in [0.717, 1.165) is 6.42 Å². The van der Waals surface area contributed by atoms with Crippen LogP contribution in [0.4, 0.5) is 0 Å². The molecule has 62 valence electrons. The largest absolute Gasteiger partial charge is 0.472 e. The van der Waals surface area contributed by atoms with E-state index in [2.05, 4.69) is 19.1 Å². The van der Waals surface area contributed by atoms with E-state index in [1.54, 1.807) is 12.5 Å². The van der Waals surface area contributed by atoms with Gasteiger partial charge in [-0.15, -0.1) is 0 Å². The Balaban J connectivity index is 2.45. The number of hydrogen-bond acceptors (Lipinski definition) is 1. The van der Waals surface area contributed by atoms with E-state index in [9.17, 15) is 0 Å². The van der Waals surface area contributed by atoms with E-state index in [1.807, 2.05) is 6.07 Å². The molecule has 0 saturated carbocycles. The molecule has 1 aliphatic heterocycles. The summed E-state index contributed by atoms with van der Waals surface area (Å²) in [6.07, 6.45) is 5.90. The van der Waals surface area contributed by atoms with Crippen molar-refractivity contribution < 1.29 is 4.42 Å². The fraction of sp³-hybridized carbons (Fsp3) is 0.273. The van der Waals surface area contributed by atoms with Gasteiger partial charge in [-0.25, -0.2) is 0 Å². The molecule has 1 nitrogen and oxygen atoms in total. The second kappa shape index (κ2) is 3.02. The summed E-state index contributed by atoms with van der Waals surface area (Å²) in [5.74, 6) is 0. The van der Waals surface area contributed by atoms with Crippen LogP contribution in [0, 0.1) is 0 Å². The van der Waals surface area contributed by atoms with Gasteiger partial charge in [-0.05, 0) is 23.6 Å². The van der Waals surface area contributed by atoms with Crippen molar-refractivity contribution in [3.05, 3.63) is 36.3 Å². The lowest BCUT2D eigenvalue weighted by Crippen LogP contribution is -1.81. The van der Waals surface area contributed by atoms with Crippen molar-refractivity contribution in [3.8, 4) is 11.1 Å². The summed E-state index contributed by atoms with van der Waals surface area (Å²) in [5, 5.41) is 0. The molecule has 2 aliphatic rings. The first-order valence-corrected chi connectivity index (χ1v) is 4.35. The second-order valence-corrected chi connectivity index (χ2v) is 3.03. The van der Waals surface area contributed by atoms with Gasteiger partial charge in [0.05, 0.1) is 12.5 Å². The molecule has 2 rings (SSSR count). The zero-order valence-corrected chi connectivity index (χ0v) is 7.21. The fourth-order valence-electron chi connectivity index (χ4n) is 1.57. The van der Waals surface area contributed by atoms with E-state index in [0.29, 0.717) is 0 Å². The Hall–Kier alpha value is -1.24. The van der Waals surface area contributed by atoms with Crippen LogP contribution in [0.5, 0.6) is 0 Å². The van der Waals surface area contributed by atoms with Gasteiger partial charge in [0.1, 0.15) is 0 Å². The number of rotatable bonds is 2. The lowest BCUT2D eigenvalue weighted by Gasteiger charge is -2.00. The topological polar surface area (TPSA) is 13.1 Å². The van der Waals surface area contributed by atoms with Crippen LogP contribution < -0.4 is 0 Å². The predicted octanol–water partition coefficient (Wildman–Crippen LogP) is 3.34. The summed E-state index contributed by atoms with van der Waals surface area (Å²) in [5.41, 5.74) is 3.98. The minimum Gasteiger partial charge on any atom is -0.472 e. The molecule has 0 aromatic heterocycles. The summed E-state index contributed by atoms with van der Waals surface area (Å²) in [6.45, 7) is 2.20. The van der Waals surface area contributed by atoms with Gasteiger partial charge < -0.3 is 4.42 Å². The van der Waals surface area contributed by atoms with E-state index < -0.39 is 0 Å². The molecule has 12 heavy (non-hydrogen) atoms. The van der Waals surface area contributed by atoms with Crippen LogP contribution in [0.1, 0.15) is 18.9 Å². The average molecular weight is 160 g/mol. The van der Waals surface area contributed by atoms with Gasteiger partial charge in [0.2, 0.25) is 0 Å². The molecule has 0 bridgehead atoms. The smallest absolute Gasteiger partial charge is 0.0979 e. The summed E-state index contributed by atoms with van der Waals surface area (Å²) < 4.78 is 5.08. The van der Waals surface area contributed by atoms with E-state index in [1.165, 1.54) is 23.1 Å². The molecule has 0 aromatic carbocycles. The zero-order valence-electron chi connectivity index (χ0n) is 7.21. The van der Waals surface area contributed by atoms with E-state index in [-0.39, 0.29) is 0 Å². The number of aryl methyl sites for hydroxylation is 1. The molecule has 0 atom stereocenters. The van der Waals surface area contributed by atoms with Gasteiger partial charge in [-0.1, -0.05) is 25.5 Å². The molecule has 0 fully saturated rings. The first-order valence-electron chi connectivity index (χ1n) is 4.35. The Morgan fingerprint density at radius 2 is 2.17 bits per heavy atom. The summed E-state index contributed by atoms with van der Waals surface area (Å²) in [4.78, 5) is 0. The van der Waals surface area contributed by atoms with Gasteiger partial charge >= 0.3 is 0 Å².